The molecule has 6 aromatic carbocycles. The number of aryl methyl sites for hydroxylation is 12. The molecular formula is C101H85BrCl4F12N20O10. The van der Waals surface area contributed by atoms with Gasteiger partial charge in [-0.05, 0) is 209 Å². The molecule has 3 aliphatic rings. The standard InChI is InChI=1S/C22H23F3N4O3.C20H19F3N4O2.C16H13ClFN3O.C15H11ClF3N3O.C15H11ClFN3O2.C13H8BrClFN3O/c1-12-15-10-14(21(3,24)25)11-16(23)18(15)27-19(17(12)20-26-13(2)28-32-20)29-6-4-22(5-7-29)30-8-9-31-22;1-10-14-8-12(20(3,22)23)9-15(21)17(14)25-18(27-6-4-13(28)5-7-27)16(10)19-24-11(2)26-29-19;1-7(2)10-5-11-8(3)13(16-19-9(4)21-22-16)15(17)20-14(11)12(18)6-10;1-6-9-4-8(15(3,18)19)5-10(17)12(9)21-13(16)11(6)14-20-7(2)22-23-14;1-6-10-4-9(7(2)21)5-11(17)13(10)19-14(16)12(6)15-18-8(3)20-22-15;1-5-8-3-7(14)4-9(16)11(8)18-12(15)10(5)13-17-6(2)19-20-13/h10-11H,4-9H2,1-3H3;8-9H,4-7H2,1-3H3;5-6H,1H2,2-4H3;4-5H,1-3H3;4-5H,1-3H3;3-4H,1-2H3. The molecule has 1 spiro atoms. The smallest absolute Gasteiger partial charge is 0.270 e. The van der Waals surface area contributed by atoms with Gasteiger partial charge in [-0.3, -0.25) is 9.59 Å². The average molecular weight is 2190 g/mol. The summed E-state index contributed by atoms with van der Waals surface area (Å²) in [4.78, 5) is 77.5. The number of allylic oxidation sites excluding steroid dienone is 1. The number of carbonyl (C=O) groups excluding carboxylic acids is 2. The Morgan fingerprint density at radius 2 is 0.601 bits per heavy atom. The van der Waals surface area contributed by atoms with Crippen molar-refractivity contribution in [3.8, 4) is 68.7 Å². The first kappa shape index (κ1) is 107. The van der Waals surface area contributed by atoms with Crippen LogP contribution in [-0.4, -0.2) is 147 Å². The molecule has 0 amide bonds. The van der Waals surface area contributed by atoms with Gasteiger partial charge >= 0.3 is 0 Å². The summed E-state index contributed by atoms with van der Waals surface area (Å²) in [6, 6.07) is 15.3. The van der Waals surface area contributed by atoms with E-state index >= 15 is 0 Å². The minimum absolute atomic E-state index is 0.0117. The Hall–Kier alpha value is -14.0. The summed E-state index contributed by atoms with van der Waals surface area (Å²) in [7, 11) is 0. The number of pyridine rings is 6. The van der Waals surface area contributed by atoms with E-state index in [1.807, 2.05) is 36.6 Å². The predicted octanol–water partition coefficient (Wildman–Crippen LogP) is 26.7. The molecule has 0 unspecified atom stereocenters. The van der Waals surface area contributed by atoms with Gasteiger partial charge in [0.05, 0.1) is 46.6 Å². The predicted molar refractivity (Wildman–Crippen MR) is 530 cm³/mol. The number of alkyl halides is 6. The van der Waals surface area contributed by atoms with E-state index in [9.17, 15) is 62.3 Å². The van der Waals surface area contributed by atoms with Crippen LogP contribution in [0.1, 0.15) is 161 Å². The molecule has 3 fully saturated rings. The second kappa shape index (κ2) is 42.0. The fraction of sp³-hybridized carbons (Fsp3) is 0.307. The second-order valence-corrected chi connectivity index (χ2v) is 37.9. The Morgan fingerprint density at radius 1 is 0.351 bits per heavy atom. The second-order valence-electron chi connectivity index (χ2n) is 35.5. The third-order valence-corrected chi connectivity index (χ3v) is 26.2. The summed E-state index contributed by atoms with van der Waals surface area (Å²) in [5.41, 5.74) is 7.29. The number of hydrogen-bond donors (Lipinski definition) is 0. The van der Waals surface area contributed by atoms with E-state index in [2.05, 4.69) is 113 Å². The Balaban J connectivity index is 0.000000128. The summed E-state index contributed by atoms with van der Waals surface area (Å²) in [6.07, 6.45) is 1.95. The van der Waals surface area contributed by atoms with E-state index in [1.54, 1.807) is 81.4 Å². The molecule has 47 heteroatoms. The molecule has 12 aromatic heterocycles. The van der Waals surface area contributed by atoms with Crippen LogP contribution in [0.4, 0.5) is 64.3 Å². The Bertz CT molecular complexity index is 8200. The lowest BCUT2D eigenvalue weighted by atomic mass is 9.97. The van der Waals surface area contributed by atoms with Crippen LogP contribution in [0.2, 0.25) is 20.6 Å². The van der Waals surface area contributed by atoms with Crippen LogP contribution in [0.5, 0.6) is 0 Å². The van der Waals surface area contributed by atoms with Crippen molar-refractivity contribution in [3.05, 3.63) is 236 Å². The first-order chi connectivity index (χ1) is 69.7. The van der Waals surface area contributed by atoms with Gasteiger partial charge < -0.3 is 46.4 Å². The number of hydrogen-bond acceptors (Lipinski definition) is 30. The number of aromatic nitrogens is 18. The van der Waals surface area contributed by atoms with Crippen molar-refractivity contribution >= 4 is 157 Å². The van der Waals surface area contributed by atoms with E-state index in [0.717, 1.165) is 54.8 Å². The van der Waals surface area contributed by atoms with Gasteiger partial charge in [-0.2, -0.15) is 29.9 Å². The van der Waals surface area contributed by atoms with Gasteiger partial charge in [-0.15, -0.1) is 0 Å². The molecule has 18 aromatic rings. The lowest BCUT2D eigenvalue weighted by Gasteiger charge is -2.38. The van der Waals surface area contributed by atoms with E-state index in [0.29, 0.717) is 200 Å². The number of benzene rings is 6. The van der Waals surface area contributed by atoms with Crippen LogP contribution in [0.15, 0.2) is 111 Å². The molecule has 21 rings (SSSR count). The molecule has 0 N–H and O–H groups in total. The third kappa shape index (κ3) is 22.0. The van der Waals surface area contributed by atoms with Crippen molar-refractivity contribution in [2.45, 2.75) is 167 Å². The summed E-state index contributed by atoms with van der Waals surface area (Å²) in [5.74, 6) is -9.41. The molecule has 3 saturated heterocycles. The lowest BCUT2D eigenvalue weighted by molar-refractivity contribution is -0.169. The number of anilines is 2. The minimum atomic E-state index is -3.20. The molecular weight excluding hydrogens is 2100 g/mol. The van der Waals surface area contributed by atoms with Crippen molar-refractivity contribution in [1.29, 1.82) is 0 Å². The highest BCUT2D eigenvalue weighted by Crippen LogP contribution is 2.48. The first-order valence-electron chi connectivity index (χ1n) is 45.3. The van der Waals surface area contributed by atoms with Crippen LogP contribution < -0.4 is 9.80 Å². The van der Waals surface area contributed by atoms with Crippen LogP contribution in [-0.2, 0) is 32.0 Å². The number of carbonyl (C=O) groups is 2. The number of halogens is 17. The topological polar surface area (TPSA) is 370 Å². The summed E-state index contributed by atoms with van der Waals surface area (Å²) >= 11 is 27.9. The number of Topliss-reactive ketones (excluding diaryl/α,β-unsaturated/α-hetero) is 2. The van der Waals surface area contributed by atoms with Gasteiger partial charge in [-0.1, -0.05) is 105 Å². The zero-order chi connectivity index (χ0) is 107. The van der Waals surface area contributed by atoms with E-state index < -0.39 is 75.1 Å². The maximum absolute atomic E-state index is 15.0. The fourth-order valence-electron chi connectivity index (χ4n) is 17.0. The molecule has 3 aliphatic heterocycles. The Morgan fingerprint density at radius 3 is 0.885 bits per heavy atom. The van der Waals surface area contributed by atoms with Gasteiger partial charge in [0.15, 0.2) is 52.3 Å². The van der Waals surface area contributed by atoms with Crippen molar-refractivity contribution < 1.29 is 98.9 Å². The van der Waals surface area contributed by atoms with Crippen molar-refractivity contribution in [3.63, 3.8) is 0 Å². The summed E-state index contributed by atoms with van der Waals surface area (Å²) in [6.45, 7) is 32.8. The molecule has 0 radical (unpaired) electrons. The van der Waals surface area contributed by atoms with Gasteiger partial charge in [0, 0.05) is 132 Å². The molecule has 148 heavy (non-hydrogen) atoms. The van der Waals surface area contributed by atoms with E-state index in [-0.39, 0.29) is 122 Å². The van der Waals surface area contributed by atoms with Crippen molar-refractivity contribution in [1.82, 2.24) is 90.7 Å². The van der Waals surface area contributed by atoms with E-state index in [1.165, 1.54) is 37.3 Å². The Kier molecular flexibility index (Phi) is 30.3. The summed E-state index contributed by atoms with van der Waals surface area (Å²) in [5, 5.41) is 25.4. The SMILES string of the molecule is C=C(C)c1cc(F)c2nc(Cl)c(-c3nc(C)no3)c(C)c2c1.CC(=O)c1cc(F)c2nc(Cl)c(-c3nc(C)no3)c(C)c2c1.Cc1noc(-c2c(Cl)nc3c(F)cc(Br)cc3c2C)n1.Cc1noc(-c2c(Cl)nc3c(F)cc(C(C)(F)F)cc3c2C)n1.Cc1noc(-c2c(N3CCC(=O)CC3)nc3c(F)cc(C(C)(F)F)cc3c2C)n1.Cc1noc(-c2c(N3CCC4(CC3)OCCO4)nc3c(F)cc(C(C)(F)F)cc3c2C)n1. The average Bonchev–Trinajstić information content (AvgIpc) is 1.08. The van der Waals surface area contributed by atoms with E-state index in [4.69, 9.17) is 83.0 Å². The third-order valence-electron chi connectivity index (χ3n) is 24.7. The molecule has 0 bridgehead atoms. The number of ether oxygens (including phenoxy) is 2. The Labute approximate surface area is 861 Å². The number of piperidine rings is 2. The van der Waals surface area contributed by atoms with Crippen molar-refractivity contribution in [2.24, 2.45) is 0 Å². The molecule has 0 aliphatic carbocycles. The van der Waals surface area contributed by atoms with Gasteiger partial charge in [0.25, 0.3) is 53.1 Å². The number of nitrogens with zero attached hydrogens (tertiary/aromatic N) is 20. The molecule has 768 valence electrons. The highest BCUT2D eigenvalue weighted by molar-refractivity contribution is 9.10. The maximum Gasteiger partial charge on any atom is 0.270 e. The van der Waals surface area contributed by atoms with Gasteiger partial charge in [0.2, 0.25) is 0 Å². The lowest BCUT2D eigenvalue weighted by Crippen LogP contribution is -2.45. The highest BCUT2D eigenvalue weighted by Gasteiger charge is 2.42. The zero-order valence-corrected chi connectivity index (χ0v) is 86.3. The monoisotopic (exact) mass is 2180 g/mol. The minimum Gasteiger partial charge on any atom is -0.356 e. The molecule has 30 nitrogen and oxygen atoms in total. The normalized spacial score (nSPS) is 13.8. The van der Waals surface area contributed by atoms with Crippen LogP contribution in [0, 0.1) is 118 Å². The van der Waals surface area contributed by atoms with Gasteiger partial charge in [-0.25, -0.2) is 82.6 Å². The number of fused-ring (bicyclic) bond motifs is 6. The number of rotatable bonds is 13. The number of ketones is 2. The first-order valence-corrected chi connectivity index (χ1v) is 47.6. The fourth-order valence-corrected chi connectivity index (χ4v) is 18.7. The van der Waals surface area contributed by atoms with Crippen LogP contribution in [0.3, 0.4) is 0 Å². The van der Waals surface area contributed by atoms with Crippen molar-refractivity contribution in [2.75, 3.05) is 49.2 Å². The quantitative estimate of drug-likeness (QED) is 0.0588. The molecule has 0 atom stereocenters. The maximum atomic E-state index is 15.0. The summed E-state index contributed by atoms with van der Waals surface area (Å²) < 4.78 is 213. The largest absolute Gasteiger partial charge is 0.356 e. The zero-order valence-electron chi connectivity index (χ0n) is 81.7. The van der Waals surface area contributed by atoms with Crippen LogP contribution in [0.25, 0.3) is 140 Å². The molecule has 15 heterocycles. The van der Waals surface area contributed by atoms with Crippen LogP contribution >= 0.6 is 62.3 Å². The van der Waals surface area contributed by atoms with Gasteiger partial charge in [0.1, 0.15) is 100 Å². The molecule has 0 saturated carbocycles. The highest BCUT2D eigenvalue weighted by atomic mass is 79.9.